The van der Waals surface area contributed by atoms with Crippen LogP contribution in [0.2, 0.25) is 5.02 Å². The number of benzene rings is 3. The van der Waals surface area contributed by atoms with Crippen molar-refractivity contribution in [3.05, 3.63) is 106 Å². The van der Waals surface area contributed by atoms with E-state index >= 15 is 0 Å². The molecule has 2 N–H and O–H groups in total. The fraction of sp³-hybridized carbons (Fsp3) is 0.258. The van der Waals surface area contributed by atoms with Crippen LogP contribution in [0.25, 0.3) is 10.9 Å². The highest BCUT2D eigenvalue weighted by atomic mass is 35.5. The van der Waals surface area contributed by atoms with Gasteiger partial charge in [0.15, 0.2) is 0 Å². The molecule has 1 amide bonds. The molecule has 0 radical (unpaired) electrons. The largest absolute Gasteiger partial charge is 0.484 e. The summed E-state index contributed by atoms with van der Waals surface area (Å²) in [5.41, 5.74) is 1.01. The molecule has 0 bridgehead atoms. The van der Waals surface area contributed by atoms with Gasteiger partial charge in [-0.15, -0.1) is 0 Å². The molecule has 41 heavy (non-hydrogen) atoms. The van der Waals surface area contributed by atoms with Gasteiger partial charge in [0, 0.05) is 34.5 Å². The van der Waals surface area contributed by atoms with Crippen LogP contribution in [-0.2, 0) is 11.0 Å². The molecule has 1 aromatic heterocycles. The van der Waals surface area contributed by atoms with Crippen LogP contribution in [0.3, 0.4) is 0 Å². The van der Waals surface area contributed by atoms with Gasteiger partial charge in [-0.3, -0.25) is 9.59 Å². The number of rotatable bonds is 11. The van der Waals surface area contributed by atoms with Crippen LogP contribution in [-0.4, -0.2) is 28.5 Å². The van der Waals surface area contributed by atoms with Crippen molar-refractivity contribution >= 4 is 34.4 Å². The van der Waals surface area contributed by atoms with Crippen molar-refractivity contribution in [2.24, 2.45) is 0 Å². The quantitative estimate of drug-likeness (QED) is 0.188. The summed E-state index contributed by atoms with van der Waals surface area (Å²) >= 11 is 6.14. The van der Waals surface area contributed by atoms with Crippen LogP contribution in [0.1, 0.15) is 65.4 Å². The van der Waals surface area contributed by atoms with Crippen LogP contribution >= 0.6 is 11.6 Å². The molecular weight excluding hydrogens is 557 g/mol. The van der Waals surface area contributed by atoms with Crippen molar-refractivity contribution in [3.8, 4) is 5.75 Å². The number of hydrogen-bond donors (Lipinski definition) is 2. The minimum atomic E-state index is -4.67. The van der Waals surface area contributed by atoms with E-state index in [-0.39, 0.29) is 30.1 Å². The van der Waals surface area contributed by atoms with E-state index in [0.29, 0.717) is 22.4 Å². The Balaban J connectivity index is 1.74. The molecule has 214 valence electrons. The fourth-order valence-corrected chi connectivity index (χ4v) is 4.75. The number of alkyl halides is 3. The van der Waals surface area contributed by atoms with Crippen LogP contribution in [0, 0.1) is 0 Å². The Labute approximate surface area is 240 Å². The van der Waals surface area contributed by atoms with Crippen LogP contribution < -0.4 is 10.1 Å². The van der Waals surface area contributed by atoms with E-state index in [0.717, 1.165) is 23.6 Å². The van der Waals surface area contributed by atoms with Crippen molar-refractivity contribution in [2.75, 3.05) is 6.54 Å². The number of carbonyl (C=O) groups is 2. The number of aromatic nitrogens is 1. The predicted molar refractivity (Wildman–Crippen MR) is 150 cm³/mol. The maximum atomic E-state index is 13.8. The van der Waals surface area contributed by atoms with Crippen molar-refractivity contribution in [2.45, 2.75) is 44.4 Å². The van der Waals surface area contributed by atoms with E-state index in [4.69, 9.17) is 21.4 Å². The molecule has 2 atom stereocenters. The van der Waals surface area contributed by atoms with E-state index in [9.17, 15) is 22.8 Å². The molecule has 6 nitrogen and oxygen atoms in total. The smallest absolute Gasteiger partial charge is 0.433 e. The molecule has 0 aliphatic rings. The van der Waals surface area contributed by atoms with Gasteiger partial charge in [0.1, 0.15) is 17.5 Å². The summed E-state index contributed by atoms with van der Waals surface area (Å²) in [5, 5.41) is 12.3. The molecule has 0 saturated heterocycles. The maximum absolute atomic E-state index is 13.8. The molecular formula is C31H28ClF3N2O4. The number of carbonyl (C=O) groups excluding carboxylic acids is 1. The molecule has 0 aliphatic carbocycles. The number of ether oxygens (including phenoxy) is 1. The van der Waals surface area contributed by atoms with Gasteiger partial charge in [-0.05, 0) is 53.9 Å². The van der Waals surface area contributed by atoms with Gasteiger partial charge in [0.25, 0.3) is 5.91 Å². The average Bonchev–Trinajstić information content (AvgIpc) is 2.94. The summed E-state index contributed by atoms with van der Waals surface area (Å²) in [6.45, 7) is 2.00. The van der Waals surface area contributed by atoms with Gasteiger partial charge < -0.3 is 15.2 Å². The van der Waals surface area contributed by atoms with Gasteiger partial charge in [0.05, 0.1) is 11.9 Å². The third-order valence-corrected chi connectivity index (χ3v) is 6.86. The molecule has 2 unspecified atom stereocenters. The molecule has 3 aromatic carbocycles. The lowest BCUT2D eigenvalue weighted by Crippen LogP contribution is -2.26. The van der Waals surface area contributed by atoms with E-state index in [2.05, 4.69) is 10.3 Å². The van der Waals surface area contributed by atoms with E-state index in [1.165, 1.54) is 6.07 Å². The molecule has 1 heterocycles. The lowest BCUT2D eigenvalue weighted by Gasteiger charge is -2.30. The number of fused-ring (bicyclic) bond motifs is 1. The maximum Gasteiger partial charge on any atom is 0.433 e. The van der Waals surface area contributed by atoms with Crippen molar-refractivity contribution < 1.29 is 32.6 Å². The van der Waals surface area contributed by atoms with E-state index in [1.54, 1.807) is 66.7 Å². The zero-order chi connectivity index (χ0) is 29.6. The normalized spacial score (nSPS) is 13.0. The Morgan fingerprint density at radius 1 is 1.00 bits per heavy atom. The number of nitrogens with one attached hydrogen (secondary N) is 1. The van der Waals surface area contributed by atoms with E-state index in [1.807, 2.05) is 6.92 Å². The highest BCUT2D eigenvalue weighted by Crippen LogP contribution is 2.42. The minimum Gasteiger partial charge on any atom is -0.484 e. The minimum absolute atomic E-state index is 0.000656. The third kappa shape index (κ3) is 7.55. The summed E-state index contributed by atoms with van der Waals surface area (Å²) in [5.74, 6) is -1.66. The zero-order valence-electron chi connectivity index (χ0n) is 22.1. The molecule has 0 aliphatic heterocycles. The van der Waals surface area contributed by atoms with Crippen molar-refractivity contribution in [3.63, 3.8) is 0 Å². The topological polar surface area (TPSA) is 88.5 Å². The zero-order valence-corrected chi connectivity index (χ0v) is 22.9. The van der Waals surface area contributed by atoms with Crippen LogP contribution in [0.5, 0.6) is 5.75 Å². The monoisotopic (exact) mass is 584 g/mol. The summed E-state index contributed by atoms with van der Waals surface area (Å²) in [6.07, 6.45) is -4.17. The van der Waals surface area contributed by atoms with Crippen LogP contribution in [0.15, 0.2) is 78.9 Å². The summed E-state index contributed by atoms with van der Waals surface area (Å²) in [6, 6.07) is 21.3. The first-order chi connectivity index (χ1) is 19.6. The second-order valence-electron chi connectivity index (χ2n) is 9.53. The fourth-order valence-electron chi connectivity index (χ4n) is 4.63. The second kappa shape index (κ2) is 13.0. The highest BCUT2D eigenvalue weighted by Gasteiger charge is 2.35. The highest BCUT2D eigenvalue weighted by molar-refractivity contribution is 6.30. The van der Waals surface area contributed by atoms with Gasteiger partial charge in [-0.2, -0.15) is 13.2 Å². The molecule has 4 rings (SSSR count). The van der Waals surface area contributed by atoms with Gasteiger partial charge >= 0.3 is 12.1 Å². The summed E-state index contributed by atoms with van der Waals surface area (Å²) in [7, 11) is 0. The first-order valence-electron chi connectivity index (χ1n) is 13.1. The van der Waals surface area contributed by atoms with E-state index < -0.39 is 29.9 Å². The number of nitrogens with zero attached hydrogens (tertiary/aromatic N) is 1. The van der Waals surface area contributed by atoms with Gasteiger partial charge in [-0.25, -0.2) is 4.98 Å². The lowest BCUT2D eigenvalue weighted by atomic mass is 9.85. The standard InChI is InChI=1S/C31H28ClF3N2O4/c1-2-5-23(19-8-10-21(11-9-19)30(40)36-17-16-28(38)39)29(20-12-14-22(32)15-13-20)41-26-18-27(31(33,34)35)37-25-7-4-3-6-24(25)26/h3-4,6-15,18,23,29H,2,5,16-17H2,1H3,(H,36,40)(H,38,39). The second-order valence-corrected chi connectivity index (χ2v) is 9.96. The number of halogens is 4. The van der Waals surface area contributed by atoms with Crippen LogP contribution in [0.4, 0.5) is 13.2 Å². The Morgan fingerprint density at radius 2 is 1.66 bits per heavy atom. The Hall–Kier alpha value is -4.11. The van der Waals surface area contributed by atoms with Gasteiger partial charge in [-0.1, -0.05) is 61.3 Å². The predicted octanol–water partition coefficient (Wildman–Crippen LogP) is 7.82. The Kier molecular flexibility index (Phi) is 9.50. The number of para-hydroxylation sites is 1. The number of hydrogen-bond acceptors (Lipinski definition) is 4. The summed E-state index contributed by atoms with van der Waals surface area (Å²) < 4.78 is 47.8. The molecule has 10 heteroatoms. The molecule has 4 aromatic rings. The first kappa shape index (κ1) is 29.9. The number of pyridine rings is 1. The first-order valence-corrected chi connectivity index (χ1v) is 13.4. The third-order valence-electron chi connectivity index (χ3n) is 6.61. The molecule has 0 fully saturated rings. The van der Waals surface area contributed by atoms with Crippen molar-refractivity contribution in [1.82, 2.24) is 10.3 Å². The lowest BCUT2D eigenvalue weighted by molar-refractivity contribution is -0.141. The number of amides is 1. The van der Waals surface area contributed by atoms with Gasteiger partial charge in [0.2, 0.25) is 0 Å². The Bertz CT molecular complexity index is 1510. The number of carboxylic acids is 1. The number of aliphatic carboxylic acids is 1. The summed E-state index contributed by atoms with van der Waals surface area (Å²) in [4.78, 5) is 27.0. The number of carboxylic acid groups (broad SMARTS) is 1. The molecule has 0 saturated carbocycles. The average molecular weight is 585 g/mol. The molecule has 0 spiro atoms. The SMILES string of the molecule is CCCC(c1ccc(C(=O)NCCC(=O)O)cc1)C(Oc1cc(C(F)(F)F)nc2ccccc12)c1ccc(Cl)cc1. The Morgan fingerprint density at radius 3 is 2.29 bits per heavy atom. The van der Waals surface area contributed by atoms with Crippen molar-refractivity contribution in [1.29, 1.82) is 0 Å².